The molecule has 0 radical (unpaired) electrons. The molecule has 0 saturated carbocycles. The number of nitrogens with zero attached hydrogens (tertiary/aromatic N) is 1. The average Bonchev–Trinajstić information content (AvgIpc) is 2.90. The summed E-state index contributed by atoms with van der Waals surface area (Å²) < 4.78 is 39.0. The molecule has 6 nitrogen and oxygen atoms in total. The number of nitrogens with one attached hydrogen (secondary N) is 1. The predicted molar refractivity (Wildman–Crippen MR) is 85.3 cm³/mol. The van der Waals surface area contributed by atoms with Crippen LogP contribution in [0.15, 0.2) is 24.3 Å². The lowest BCUT2D eigenvalue weighted by molar-refractivity contribution is -0.134. The van der Waals surface area contributed by atoms with Crippen LogP contribution in [0.5, 0.6) is 0 Å². The van der Waals surface area contributed by atoms with Crippen LogP contribution in [-0.4, -0.2) is 50.0 Å². The van der Waals surface area contributed by atoms with Crippen molar-refractivity contribution in [3.8, 4) is 0 Å². The van der Waals surface area contributed by atoms with Crippen molar-refractivity contribution < 1.29 is 22.4 Å². The van der Waals surface area contributed by atoms with E-state index in [9.17, 15) is 22.4 Å². The van der Waals surface area contributed by atoms with Crippen molar-refractivity contribution in [3.05, 3.63) is 35.6 Å². The van der Waals surface area contributed by atoms with Crippen LogP contribution in [0, 0.1) is 5.82 Å². The Labute approximate surface area is 139 Å². The van der Waals surface area contributed by atoms with Gasteiger partial charge in [0.2, 0.25) is 11.8 Å². The summed E-state index contributed by atoms with van der Waals surface area (Å²) in [6.07, 6.45) is 0.883. The quantitative estimate of drug-likeness (QED) is 0.851. The second-order valence-corrected chi connectivity index (χ2v) is 8.45. The van der Waals surface area contributed by atoms with E-state index in [1.165, 1.54) is 23.1 Å². The van der Waals surface area contributed by atoms with Crippen LogP contribution < -0.4 is 5.32 Å². The van der Waals surface area contributed by atoms with Crippen molar-refractivity contribution >= 4 is 21.7 Å². The van der Waals surface area contributed by atoms with Crippen molar-refractivity contribution in [1.82, 2.24) is 10.2 Å². The Morgan fingerprint density at radius 1 is 1.21 bits per heavy atom. The molecule has 130 valence electrons. The lowest BCUT2D eigenvalue weighted by atomic mass is 10.1. The maximum absolute atomic E-state index is 14.0. The van der Waals surface area contributed by atoms with E-state index in [1.807, 2.05) is 0 Å². The van der Waals surface area contributed by atoms with Crippen molar-refractivity contribution in [2.75, 3.05) is 18.8 Å². The van der Waals surface area contributed by atoms with Crippen LogP contribution >= 0.6 is 0 Å². The monoisotopic (exact) mass is 354 g/mol. The molecular formula is C16H19FN2O4S. The van der Waals surface area contributed by atoms with Crippen LogP contribution in [0.2, 0.25) is 0 Å². The lowest BCUT2D eigenvalue weighted by Gasteiger charge is -2.23. The minimum Gasteiger partial charge on any atom is -0.344 e. The highest BCUT2D eigenvalue weighted by Gasteiger charge is 2.37. The van der Waals surface area contributed by atoms with Crippen LogP contribution in [-0.2, 0) is 19.4 Å². The van der Waals surface area contributed by atoms with E-state index < -0.39 is 26.9 Å². The van der Waals surface area contributed by atoms with E-state index in [0.717, 1.165) is 0 Å². The standard InChI is InChI=1S/C16H19FN2O4S/c17-12-4-2-1-3-11(12)14-7-8-19(9-10-24(14,22)23)16(21)13-5-6-15(20)18-13/h1-4,13-14H,5-10H2,(H,18,20). The molecule has 2 aliphatic heterocycles. The maximum atomic E-state index is 14.0. The summed E-state index contributed by atoms with van der Waals surface area (Å²) in [6.45, 7) is 0.294. The second kappa shape index (κ2) is 6.51. The first-order valence-electron chi connectivity index (χ1n) is 7.92. The Balaban J connectivity index is 1.79. The molecule has 2 aliphatic rings. The zero-order chi connectivity index (χ0) is 17.3. The highest BCUT2D eigenvalue weighted by Crippen LogP contribution is 2.31. The summed E-state index contributed by atoms with van der Waals surface area (Å²) in [7, 11) is -3.56. The molecule has 24 heavy (non-hydrogen) atoms. The normalized spacial score (nSPS) is 26.7. The third-order valence-electron chi connectivity index (χ3n) is 4.60. The molecule has 2 heterocycles. The van der Waals surface area contributed by atoms with Gasteiger partial charge in [-0.1, -0.05) is 18.2 Å². The highest BCUT2D eigenvalue weighted by atomic mass is 32.2. The average molecular weight is 354 g/mol. The van der Waals surface area contributed by atoms with E-state index in [1.54, 1.807) is 6.07 Å². The first-order chi connectivity index (χ1) is 11.4. The van der Waals surface area contributed by atoms with Gasteiger partial charge in [-0.25, -0.2) is 12.8 Å². The summed E-state index contributed by atoms with van der Waals surface area (Å²) in [5, 5.41) is 1.66. The van der Waals surface area contributed by atoms with Crippen LogP contribution in [0.4, 0.5) is 4.39 Å². The molecular weight excluding hydrogens is 335 g/mol. The van der Waals surface area contributed by atoms with Crippen LogP contribution in [0.25, 0.3) is 0 Å². The van der Waals surface area contributed by atoms with Gasteiger partial charge < -0.3 is 10.2 Å². The molecule has 3 rings (SSSR count). The lowest BCUT2D eigenvalue weighted by Crippen LogP contribution is -2.45. The maximum Gasteiger partial charge on any atom is 0.245 e. The largest absolute Gasteiger partial charge is 0.344 e. The first kappa shape index (κ1) is 16.9. The summed E-state index contributed by atoms with van der Waals surface area (Å²) in [5.41, 5.74) is 0.154. The highest BCUT2D eigenvalue weighted by molar-refractivity contribution is 7.91. The van der Waals surface area contributed by atoms with Gasteiger partial charge in [0.1, 0.15) is 11.9 Å². The number of sulfone groups is 1. The zero-order valence-electron chi connectivity index (χ0n) is 13.1. The van der Waals surface area contributed by atoms with Gasteiger partial charge in [0.05, 0.1) is 11.0 Å². The number of carbonyl (C=O) groups is 2. The minimum absolute atomic E-state index is 0.0679. The summed E-state index contributed by atoms with van der Waals surface area (Å²) in [4.78, 5) is 25.2. The Hall–Kier alpha value is -1.96. The Kier molecular flexibility index (Phi) is 4.58. The van der Waals surface area contributed by atoms with E-state index in [0.29, 0.717) is 12.8 Å². The van der Waals surface area contributed by atoms with E-state index in [2.05, 4.69) is 5.32 Å². The molecule has 0 aromatic heterocycles. The van der Waals surface area contributed by atoms with Gasteiger partial charge in [0.25, 0.3) is 0 Å². The number of carbonyl (C=O) groups excluding carboxylic acids is 2. The van der Waals surface area contributed by atoms with Gasteiger partial charge in [-0.15, -0.1) is 0 Å². The van der Waals surface area contributed by atoms with E-state index in [-0.39, 0.29) is 42.6 Å². The number of amides is 2. The molecule has 2 saturated heterocycles. The molecule has 8 heteroatoms. The van der Waals surface area contributed by atoms with Crippen LogP contribution in [0.1, 0.15) is 30.1 Å². The molecule has 1 aromatic rings. The van der Waals surface area contributed by atoms with Crippen molar-refractivity contribution in [3.63, 3.8) is 0 Å². The van der Waals surface area contributed by atoms with E-state index in [4.69, 9.17) is 0 Å². The van der Waals surface area contributed by atoms with E-state index >= 15 is 0 Å². The zero-order valence-corrected chi connectivity index (χ0v) is 13.9. The number of benzene rings is 1. The second-order valence-electron chi connectivity index (χ2n) is 6.15. The van der Waals surface area contributed by atoms with Crippen molar-refractivity contribution in [1.29, 1.82) is 0 Å². The van der Waals surface area contributed by atoms with Gasteiger partial charge in [0, 0.05) is 25.1 Å². The Morgan fingerprint density at radius 2 is 1.96 bits per heavy atom. The summed E-state index contributed by atoms with van der Waals surface area (Å²) >= 11 is 0. The van der Waals surface area contributed by atoms with Crippen molar-refractivity contribution in [2.24, 2.45) is 0 Å². The topological polar surface area (TPSA) is 83.6 Å². The molecule has 2 fully saturated rings. The smallest absolute Gasteiger partial charge is 0.245 e. The number of halogens is 1. The fourth-order valence-corrected chi connectivity index (χ4v) is 5.07. The predicted octanol–water partition coefficient (Wildman–Crippen LogP) is 0.792. The number of hydrogen-bond acceptors (Lipinski definition) is 4. The third kappa shape index (κ3) is 3.28. The molecule has 2 atom stereocenters. The molecule has 0 bridgehead atoms. The Morgan fingerprint density at radius 3 is 2.62 bits per heavy atom. The Bertz CT molecular complexity index is 765. The van der Waals surface area contributed by atoms with Gasteiger partial charge >= 0.3 is 0 Å². The molecule has 0 aliphatic carbocycles. The van der Waals surface area contributed by atoms with Gasteiger partial charge in [-0.05, 0) is 18.9 Å². The number of hydrogen-bond donors (Lipinski definition) is 1. The molecule has 0 spiro atoms. The first-order valence-corrected chi connectivity index (χ1v) is 9.64. The SMILES string of the molecule is O=C1CCC(C(=O)N2CCC(c3ccccc3F)S(=O)(=O)CC2)N1. The van der Waals surface area contributed by atoms with Gasteiger partial charge in [0.15, 0.2) is 9.84 Å². The van der Waals surface area contributed by atoms with Crippen molar-refractivity contribution in [2.45, 2.75) is 30.6 Å². The molecule has 2 amide bonds. The van der Waals surface area contributed by atoms with Gasteiger partial charge in [-0.3, -0.25) is 9.59 Å². The fraction of sp³-hybridized carbons (Fsp3) is 0.500. The third-order valence-corrected chi connectivity index (χ3v) is 6.71. The summed E-state index contributed by atoms with van der Waals surface area (Å²) in [5.74, 6) is -1.18. The molecule has 1 N–H and O–H groups in total. The number of rotatable bonds is 2. The van der Waals surface area contributed by atoms with Crippen LogP contribution in [0.3, 0.4) is 0 Å². The minimum atomic E-state index is -3.56. The molecule has 1 aromatic carbocycles. The molecule has 2 unspecified atom stereocenters. The summed E-state index contributed by atoms with van der Waals surface area (Å²) in [6, 6.07) is 5.26. The van der Waals surface area contributed by atoms with Gasteiger partial charge in [-0.2, -0.15) is 0 Å². The fourth-order valence-electron chi connectivity index (χ4n) is 3.27.